The lowest BCUT2D eigenvalue weighted by Crippen LogP contribution is -2.20. The topological polar surface area (TPSA) is 21.3 Å². The van der Waals surface area contributed by atoms with E-state index in [0.717, 1.165) is 13.0 Å². The highest BCUT2D eigenvalue weighted by Gasteiger charge is 2.32. The van der Waals surface area contributed by atoms with Crippen molar-refractivity contribution in [1.82, 2.24) is 5.32 Å². The molecule has 1 atom stereocenters. The predicted octanol–water partition coefficient (Wildman–Crippen LogP) is 3.83. The van der Waals surface area contributed by atoms with Gasteiger partial charge in [0.15, 0.2) is 0 Å². The Morgan fingerprint density at radius 3 is 2.63 bits per heavy atom. The zero-order chi connectivity index (χ0) is 13.9. The summed E-state index contributed by atoms with van der Waals surface area (Å²) in [5, 5.41) is 3.36. The van der Waals surface area contributed by atoms with E-state index in [9.17, 15) is 13.2 Å². The molecule has 2 nitrogen and oxygen atoms in total. The third-order valence-corrected chi connectivity index (χ3v) is 3.26. The number of hydrogen-bond acceptors (Lipinski definition) is 2. The zero-order valence-electron chi connectivity index (χ0n) is 10.8. The zero-order valence-corrected chi connectivity index (χ0v) is 10.8. The maximum absolute atomic E-state index is 12.3. The average molecular weight is 273 g/mol. The van der Waals surface area contributed by atoms with Crippen LogP contribution in [-0.4, -0.2) is 18.9 Å². The first-order valence-electron chi connectivity index (χ1n) is 6.54. The lowest BCUT2D eigenvalue weighted by atomic mass is 9.97. The SMILES string of the molecule is CC(CCNC1CC1)c1ccccc1OC(F)(F)F. The number of alkyl halides is 3. The third kappa shape index (κ3) is 4.74. The van der Waals surface area contributed by atoms with Gasteiger partial charge in [0.2, 0.25) is 0 Å². The van der Waals surface area contributed by atoms with Crippen LogP contribution < -0.4 is 10.1 Å². The molecule has 1 saturated carbocycles. The van der Waals surface area contributed by atoms with Crippen molar-refractivity contribution < 1.29 is 17.9 Å². The van der Waals surface area contributed by atoms with Gasteiger partial charge in [-0.05, 0) is 43.4 Å². The summed E-state index contributed by atoms with van der Waals surface area (Å²) in [5.41, 5.74) is 0.609. The van der Waals surface area contributed by atoms with Gasteiger partial charge in [-0.15, -0.1) is 13.2 Å². The Hall–Kier alpha value is -1.23. The predicted molar refractivity (Wildman–Crippen MR) is 67.2 cm³/mol. The number of halogens is 3. The molecule has 0 saturated heterocycles. The summed E-state index contributed by atoms with van der Waals surface area (Å²) in [6.45, 7) is 2.75. The number of ether oxygens (including phenoxy) is 1. The number of rotatable bonds is 6. The summed E-state index contributed by atoms with van der Waals surface area (Å²) in [4.78, 5) is 0. The molecule has 1 unspecified atom stereocenters. The van der Waals surface area contributed by atoms with Crippen LogP contribution in [0, 0.1) is 0 Å². The van der Waals surface area contributed by atoms with Crippen LogP contribution >= 0.6 is 0 Å². The lowest BCUT2D eigenvalue weighted by Gasteiger charge is -2.18. The summed E-state index contributed by atoms with van der Waals surface area (Å²) < 4.78 is 41.0. The molecule has 1 aliphatic carbocycles. The van der Waals surface area contributed by atoms with Crippen LogP contribution in [0.15, 0.2) is 24.3 Å². The summed E-state index contributed by atoms with van der Waals surface area (Å²) >= 11 is 0. The van der Waals surface area contributed by atoms with Crippen molar-refractivity contribution in [3.8, 4) is 5.75 Å². The van der Waals surface area contributed by atoms with Crippen LogP contribution in [0.2, 0.25) is 0 Å². The minimum absolute atomic E-state index is 0.0322. The van der Waals surface area contributed by atoms with E-state index in [0.29, 0.717) is 11.6 Å². The fraction of sp³-hybridized carbons (Fsp3) is 0.571. The minimum atomic E-state index is -4.64. The highest BCUT2D eigenvalue weighted by molar-refractivity contribution is 5.36. The molecule has 0 amide bonds. The summed E-state index contributed by atoms with van der Waals surface area (Å²) in [7, 11) is 0. The molecular formula is C14H18F3NO. The van der Waals surface area contributed by atoms with Crippen molar-refractivity contribution >= 4 is 0 Å². The van der Waals surface area contributed by atoms with Crippen LogP contribution in [0.3, 0.4) is 0 Å². The summed E-state index contributed by atoms with van der Waals surface area (Å²) in [6, 6.07) is 6.98. The van der Waals surface area contributed by atoms with E-state index in [1.807, 2.05) is 6.92 Å². The molecule has 1 N–H and O–H groups in total. The Morgan fingerprint density at radius 1 is 1.32 bits per heavy atom. The number of benzene rings is 1. The highest BCUT2D eigenvalue weighted by atomic mass is 19.4. The van der Waals surface area contributed by atoms with Crippen molar-refractivity contribution in [1.29, 1.82) is 0 Å². The van der Waals surface area contributed by atoms with Crippen molar-refractivity contribution in [3.05, 3.63) is 29.8 Å². The van der Waals surface area contributed by atoms with Crippen molar-refractivity contribution in [2.45, 2.75) is 44.5 Å². The van der Waals surface area contributed by atoms with Gasteiger partial charge in [-0.3, -0.25) is 0 Å². The molecule has 106 valence electrons. The normalized spacial score (nSPS) is 17.3. The van der Waals surface area contributed by atoms with Crippen LogP contribution in [-0.2, 0) is 0 Å². The summed E-state index contributed by atoms with van der Waals surface area (Å²) in [6.07, 6.45) is -1.42. The van der Waals surface area contributed by atoms with E-state index in [1.165, 1.54) is 18.9 Å². The molecule has 0 heterocycles. The quantitative estimate of drug-likeness (QED) is 0.850. The first-order valence-corrected chi connectivity index (χ1v) is 6.54. The summed E-state index contributed by atoms with van der Waals surface area (Å²) in [5.74, 6) is -0.0567. The van der Waals surface area contributed by atoms with Crippen LogP contribution in [0.4, 0.5) is 13.2 Å². The lowest BCUT2D eigenvalue weighted by molar-refractivity contribution is -0.275. The second kappa shape index (κ2) is 5.82. The average Bonchev–Trinajstić information content (AvgIpc) is 3.11. The van der Waals surface area contributed by atoms with E-state index in [1.54, 1.807) is 18.2 Å². The molecule has 0 bridgehead atoms. The van der Waals surface area contributed by atoms with Crippen molar-refractivity contribution in [3.63, 3.8) is 0 Å². The molecule has 5 heteroatoms. The van der Waals surface area contributed by atoms with Crippen LogP contribution in [0.5, 0.6) is 5.75 Å². The standard InChI is InChI=1S/C14H18F3NO/c1-10(8-9-18-11-6-7-11)12-4-2-3-5-13(12)19-14(15,16)17/h2-5,10-11,18H,6-9H2,1H3. The second-order valence-electron chi connectivity index (χ2n) is 5.00. The Kier molecular flexibility index (Phi) is 4.34. The second-order valence-corrected chi connectivity index (χ2v) is 5.00. The molecule has 1 aromatic carbocycles. The molecule has 1 fully saturated rings. The van der Waals surface area contributed by atoms with E-state index in [-0.39, 0.29) is 11.7 Å². The van der Waals surface area contributed by atoms with Gasteiger partial charge < -0.3 is 10.1 Å². The van der Waals surface area contributed by atoms with Gasteiger partial charge in [0.25, 0.3) is 0 Å². The highest BCUT2D eigenvalue weighted by Crippen LogP contribution is 2.32. The van der Waals surface area contributed by atoms with Gasteiger partial charge in [-0.25, -0.2) is 0 Å². The third-order valence-electron chi connectivity index (χ3n) is 3.26. The van der Waals surface area contributed by atoms with Crippen molar-refractivity contribution in [2.75, 3.05) is 6.54 Å². The molecular weight excluding hydrogens is 255 g/mol. The van der Waals surface area contributed by atoms with E-state index in [4.69, 9.17) is 0 Å². The van der Waals surface area contributed by atoms with Gasteiger partial charge >= 0.3 is 6.36 Å². The largest absolute Gasteiger partial charge is 0.573 e. The van der Waals surface area contributed by atoms with E-state index < -0.39 is 6.36 Å². The fourth-order valence-corrected chi connectivity index (χ4v) is 2.05. The van der Waals surface area contributed by atoms with Crippen LogP contribution in [0.1, 0.15) is 37.7 Å². The molecule has 0 aromatic heterocycles. The van der Waals surface area contributed by atoms with Crippen LogP contribution in [0.25, 0.3) is 0 Å². The molecule has 0 spiro atoms. The maximum Gasteiger partial charge on any atom is 0.573 e. The van der Waals surface area contributed by atoms with E-state index >= 15 is 0 Å². The molecule has 0 radical (unpaired) electrons. The minimum Gasteiger partial charge on any atom is -0.405 e. The number of hydrogen-bond donors (Lipinski definition) is 1. The maximum atomic E-state index is 12.3. The van der Waals surface area contributed by atoms with E-state index in [2.05, 4.69) is 10.1 Å². The first-order chi connectivity index (χ1) is 8.96. The molecule has 1 aliphatic rings. The smallest absolute Gasteiger partial charge is 0.405 e. The Bertz CT molecular complexity index is 415. The number of para-hydroxylation sites is 1. The Morgan fingerprint density at radius 2 is 2.00 bits per heavy atom. The monoisotopic (exact) mass is 273 g/mol. The molecule has 2 rings (SSSR count). The molecule has 0 aliphatic heterocycles. The van der Waals surface area contributed by atoms with Gasteiger partial charge in [-0.1, -0.05) is 25.1 Å². The Balaban J connectivity index is 1.96. The fourth-order valence-electron chi connectivity index (χ4n) is 2.05. The van der Waals surface area contributed by atoms with Crippen molar-refractivity contribution in [2.24, 2.45) is 0 Å². The van der Waals surface area contributed by atoms with Gasteiger partial charge in [0, 0.05) is 6.04 Å². The Labute approximate surface area is 111 Å². The first kappa shape index (κ1) is 14.2. The van der Waals surface area contributed by atoms with Gasteiger partial charge in [0.05, 0.1) is 0 Å². The molecule has 19 heavy (non-hydrogen) atoms. The molecule has 1 aromatic rings. The number of nitrogens with one attached hydrogen (secondary N) is 1. The van der Waals surface area contributed by atoms with Gasteiger partial charge in [-0.2, -0.15) is 0 Å². The van der Waals surface area contributed by atoms with Gasteiger partial charge in [0.1, 0.15) is 5.75 Å².